The number of nitrogens with one attached hydrogen (secondary N) is 2. The minimum Gasteiger partial charge on any atom is -0.473 e. The summed E-state index contributed by atoms with van der Waals surface area (Å²) in [7, 11) is 1.65. The number of hydrogen-bond acceptors (Lipinski definition) is 6. The van der Waals surface area contributed by atoms with Gasteiger partial charge in [-0.2, -0.15) is 0 Å². The Morgan fingerprint density at radius 3 is 2.57 bits per heavy atom. The molecule has 0 atom stereocenters. The average Bonchev–Trinajstić information content (AvgIpc) is 3.08. The van der Waals surface area contributed by atoms with Gasteiger partial charge in [-0.15, -0.1) is 11.1 Å². The van der Waals surface area contributed by atoms with Crippen molar-refractivity contribution in [2.45, 2.75) is 27.4 Å². The van der Waals surface area contributed by atoms with Crippen LogP contribution in [0.2, 0.25) is 0 Å². The number of anilines is 1. The van der Waals surface area contributed by atoms with Gasteiger partial charge >= 0.3 is 6.03 Å². The molecule has 3 aromatic rings. The molecule has 0 radical (unpaired) electrons. The summed E-state index contributed by atoms with van der Waals surface area (Å²) in [6.07, 6.45) is 1.77. The Morgan fingerprint density at radius 1 is 1.03 bits per heavy atom. The van der Waals surface area contributed by atoms with Crippen LogP contribution in [0.3, 0.4) is 0 Å². The fourth-order valence-electron chi connectivity index (χ4n) is 3.37. The number of pyridine rings is 2. The first-order valence-electron chi connectivity index (χ1n) is 9.65. The van der Waals surface area contributed by atoms with Gasteiger partial charge in [0.15, 0.2) is 0 Å². The van der Waals surface area contributed by atoms with E-state index >= 15 is 0 Å². The smallest absolute Gasteiger partial charge is 0.355 e. The van der Waals surface area contributed by atoms with Crippen LogP contribution in [0.15, 0.2) is 48.7 Å². The third-order valence-corrected chi connectivity index (χ3v) is 5.09. The van der Waals surface area contributed by atoms with Crippen molar-refractivity contribution in [3.05, 3.63) is 71.0 Å². The predicted octanol–water partition coefficient (Wildman–Crippen LogP) is 3.44. The Kier molecular flexibility index (Phi) is 5.35. The predicted molar refractivity (Wildman–Crippen MR) is 114 cm³/mol. The fourth-order valence-corrected chi connectivity index (χ4v) is 3.37. The normalized spacial score (nSPS) is 13.8. The molecule has 0 bridgehead atoms. The monoisotopic (exact) mass is 404 g/mol. The highest BCUT2D eigenvalue weighted by Gasteiger charge is 2.28. The summed E-state index contributed by atoms with van der Waals surface area (Å²) in [6.45, 7) is 6.20. The van der Waals surface area contributed by atoms with Crippen LogP contribution in [0.4, 0.5) is 10.5 Å². The van der Waals surface area contributed by atoms with E-state index in [0.29, 0.717) is 5.88 Å². The van der Waals surface area contributed by atoms with Gasteiger partial charge in [-0.1, -0.05) is 18.2 Å². The fraction of sp³-hybridized carbons (Fsp3) is 0.227. The number of aromatic nitrogens is 2. The maximum Gasteiger partial charge on any atom is 0.355 e. The molecular weight excluding hydrogens is 380 g/mol. The number of nitrogens with zero attached hydrogens (tertiary/aromatic N) is 4. The summed E-state index contributed by atoms with van der Waals surface area (Å²) in [5.41, 5.74) is 11.9. The van der Waals surface area contributed by atoms with Crippen LogP contribution in [-0.4, -0.2) is 28.1 Å². The number of amides is 2. The summed E-state index contributed by atoms with van der Waals surface area (Å²) >= 11 is 0. The van der Waals surface area contributed by atoms with Gasteiger partial charge in [-0.25, -0.2) is 19.8 Å². The Labute approximate surface area is 175 Å². The molecule has 2 aromatic heterocycles. The molecule has 2 N–H and O–H groups in total. The number of hydrazine groups is 3. The second-order valence-electron chi connectivity index (χ2n) is 7.22. The molecule has 2 amide bonds. The van der Waals surface area contributed by atoms with Crippen LogP contribution in [0.25, 0.3) is 11.3 Å². The molecule has 1 aromatic carbocycles. The van der Waals surface area contributed by atoms with E-state index in [1.165, 1.54) is 10.0 Å². The molecule has 1 aliphatic heterocycles. The molecule has 154 valence electrons. The molecule has 30 heavy (non-hydrogen) atoms. The van der Waals surface area contributed by atoms with E-state index in [4.69, 9.17) is 4.74 Å². The number of urea groups is 1. The molecule has 1 saturated heterocycles. The lowest BCUT2D eigenvalue weighted by atomic mass is 10.1. The van der Waals surface area contributed by atoms with Gasteiger partial charge in [0.2, 0.25) is 5.88 Å². The minimum absolute atomic E-state index is 0.202. The summed E-state index contributed by atoms with van der Waals surface area (Å²) in [6, 6.07) is 13.5. The van der Waals surface area contributed by atoms with E-state index in [1.807, 2.05) is 63.2 Å². The first-order chi connectivity index (χ1) is 14.5. The third-order valence-electron chi connectivity index (χ3n) is 5.09. The maximum atomic E-state index is 12.4. The van der Waals surface area contributed by atoms with Gasteiger partial charge in [0.05, 0.1) is 17.1 Å². The van der Waals surface area contributed by atoms with Crippen molar-refractivity contribution in [3.63, 3.8) is 0 Å². The molecular formula is C22H24N6O2. The quantitative estimate of drug-likeness (QED) is 0.678. The lowest BCUT2D eigenvalue weighted by Crippen LogP contribution is -2.38. The number of carbonyl (C=O) groups is 1. The van der Waals surface area contributed by atoms with Gasteiger partial charge in [-0.05, 0) is 50.6 Å². The average molecular weight is 404 g/mol. The first-order valence-corrected chi connectivity index (χ1v) is 9.65. The van der Waals surface area contributed by atoms with Gasteiger partial charge in [0.1, 0.15) is 6.61 Å². The molecule has 0 spiro atoms. The Bertz CT molecular complexity index is 1090. The third kappa shape index (κ3) is 3.70. The molecule has 1 fully saturated rings. The molecule has 8 nitrogen and oxygen atoms in total. The molecule has 1 aliphatic rings. The van der Waals surface area contributed by atoms with E-state index in [2.05, 4.69) is 21.0 Å². The van der Waals surface area contributed by atoms with Gasteiger partial charge in [-0.3, -0.25) is 4.98 Å². The zero-order valence-electron chi connectivity index (χ0n) is 17.4. The zero-order chi connectivity index (χ0) is 21.3. The molecule has 3 heterocycles. The van der Waals surface area contributed by atoms with Gasteiger partial charge in [0, 0.05) is 29.9 Å². The summed E-state index contributed by atoms with van der Waals surface area (Å²) < 4.78 is 6.11. The largest absolute Gasteiger partial charge is 0.473 e. The highest BCUT2D eigenvalue weighted by atomic mass is 16.5. The van der Waals surface area contributed by atoms with Crippen LogP contribution in [0.1, 0.15) is 22.4 Å². The number of rotatable bonds is 5. The summed E-state index contributed by atoms with van der Waals surface area (Å²) in [5.74, 6) is 0.567. The summed E-state index contributed by atoms with van der Waals surface area (Å²) in [5, 5.41) is 2.83. The zero-order valence-corrected chi connectivity index (χ0v) is 17.4. The second kappa shape index (κ2) is 8.10. The van der Waals surface area contributed by atoms with E-state index < -0.39 is 0 Å². The standard InChI is InChI=1S/C22H24N6O2/c1-14-8-7-10-20(28-22(29)27(4)25-26-28)18(14)13-30-21-15(2)12-17(16(3)24-21)19-9-5-6-11-23-19/h5-12,25-26H,13H2,1-4H3. The number of hydrogen-bond donors (Lipinski definition) is 2. The van der Waals surface area contributed by atoms with Crippen LogP contribution in [0, 0.1) is 20.8 Å². The van der Waals surface area contributed by atoms with E-state index in [-0.39, 0.29) is 12.6 Å². The van der Waals surface area contributed by atoms with Crippen LogP contribution in [-0.2, 0) is 6.61 Å². The lowest BCUT2D eigenvalue weighted by molar-refractivity contribution is 0.214. The van der Waals surface area contributed by atoms with Crippen LogP contribution >= 0.6 is 0 Å². The number of aryl methyl sites for hydroxylation is 3. The van der Waals surface area contributed by atoms with E-state index in [0.717, 1.165) is 39.3 Å². The number of ether oxygens (including phenoxy) is 1. The Morgan fingerprint density at radius 2 is 1.87 bits per heavy atom. The van der Waals surface area contributed by atoms with Gasteiger partial charge < -0.3 is 4.74 Å². The van der Waals surface area contributed by atoms with Gasteiger partial charge in [0.25, 0.3) is 0 Å². The number of benzene rings is 1. The topological polar surface area (TPSA) is 82.6 Å². The van der Waals surface area contributed by atoms with Crippen molar-refractivity contribution in [2.75, 3.05) is 12.1 Å². The molecule has 0 saturated carbocycles. The van der Waals surface area contributed by atoms with E-state index in [9.17, 15) is 4.79 Å². The molecule has 0 aliphatic carbocycles. The summed E-state index contributed by atoms with van der Waals surface area (Å²) in [4.78, 5) is 21.5. The lowest BCUT2D eigenvalue weighted by Gasteiger charge is -2.20. The number of carbonyl (C=O) groups excluding carboxylic acids is 1. The molecule has 8 heteroatoms. The highest BCUT2D eigenvalue weighted by molar-refractivity contribution is 5.92. The Hall–Kier alpha value is -3.49. The highest BCUT2D eigenvalue weighted by Crippen LogP contribution is 2.29. The van der Waals surface area contributed by atoms with Crippen molar-refractivity contribution in [1.29, 1.82) is 0 Å². The van der Waals surface area contributed by atoms with Crippen LogP contribution in [0.5, 0.6) is 5.88 Å². The SMILES string of the molecule is Cc1cc(-c2ccccn2)c(C)nc1OCc1c(C)cccc1N1NNN(C)C1=O. The maximum absolute atomic E-state index is 12.4. The first kappa shape index (κ1) is 19.8. The van der Waals surface area contributed by atoms with Crippen molar-refractivity contribution >= 4 is 11.7 Å². The van der Waals surface area contributed by atoms with Crippen molar-refractivity contribution < 1.29 is 9.53 Å². The van der Waals surface area contributed by atoms with Crippen LogP contribution < -0.4 is 20.8 Å². The van der Waals surface area contributed by atoms with Crippen molar-refractivity contribution in [1.82, 2.24) is 26.0 Å². The molecule has 0 unspecified atom stereocenters. The van der Waals surface area contributed by atoms with Crippen molar-refractivity contribution in [3.8, 4) is 17.1 Å². The Balaban J connectivity index is 1.60. The van der Waals surface area contributed by atoms with E-state index in [1.54, 1.807) is 13.2 Å². The van der Waals surface area contributed by atoms with Crippen molar-refractivity contribution in [2.24, 2.45) is 0 Å². The second-order valence-corrected chi connectivity index (χ2v) is 7.22. The minimum atomic E-state index is -0.202. The molecule has 4 rings (SSSR count).